The lowest BCUT2D eigenvalue weighted by atomic mass is 10.2. The molecule has 0 radical (unpaired) electrons. The third kappa shape index (κ3) is 2.13. The maximum Gasteiger partial charge on any atom is 0.418 e. The van der Waals surface area contributed by atoms with Gasteiger partial charge in [-0.25, -0.2) is 4.79 Å². The Labute approximate surface area is 98.0 Å². The summed E-state index contributed by atoms with van der Waals surface area (Å²) >= 11 is 0. The molecule has 0 aliphatic carbocycles. The van der Waals surface area contributed by atoms with Crippen molar-refractivity contribution in [3.63, 3.8) is 0 Å². The molecule has 2 rings (SSSR count). The number of ether oxygens (including phenoxy) is 1. The molecule has 1 amide bonds. The normalized spacial score (nSPS) is 10.2. The maximum atomic E-state index is 11.5. The number of anilines is 1. The van der Waals surface area contributed by atoms with E-state index in [1.807, 2.05) is 12.1 Å². The van der Waals surface area contributed by atoms with Crippen LogP contribution in [-0.2, 0) is 9.53 Å². The Morgan fingerprint density at radius 2 is 2.06 bits per heavy atom. The zero-order chi connectivity index (χ0) is 12.4. The van der Waals surface area contributed by atoms with Crippen LogP contribution in [0.15, 0.2) is 30.5 Å². The standard InChI is InChI=1S/C12H12N2O3/c1-8(15)13-10-4-3-9-5-6-14(11(9)7-10)12(16)17-2/h3-7H,1-2H3,(H,13,15). The van der Waals surface area contributed by atoms with E-state index in [0.717, 1.165) is 5.39 Å². The molecule has 1 aromatic heterocycles. The Morgan fingerprint density at radius 3 is 2.71 bits per heavy atom. The Hall–Kier alpha value is -2.30. The second kappa shape index (κ2) is 4.29. The predicted molar refractivity (Wildman–Crippen MR) is 64.0 cm³/mol. The van der Waals surface area contributed by atoms with Crippen LogP contribution < -0.4 is 5.32 Å². The van der Waals surface area contributed by atoms with Crippen molar-refractivity contribution in [1.29, 1.82) is 0 Å². The molecule has 0 saturated carbocycles. The third-order valence-corrected chi connectivity index (χ3v) is 2.38. The predicted octanol–water partition coefficient (Wildman–Crippen LogP) is 2.21. The van der Waals surface area contributed by atoms with Crippen LogP contribution in [0.2, 0.25) is 0 Å². The van der Waals surface area contributed by atoms with Crippen LogP contribution in [0.5, 0.6) is 0 Å². The zero-order valence-electron chi connectivity index (χ0n) is 9.56. The first-order valence-corrected chi connectivity index (χ1v) is 5.09. The molecule has 0 saturated heterocycles. The van der Waals surface area contributed by atoms with E-state index in [4.69, 9.17) is 0 Å². The Bertz CT molecular complexity index is 586. The first-order valence-electron chi connectivity index (χ1n) is 5.09. The van der Waals surface area contributed by atoms with Gasteiger partial charge in [0.1, 0.15) is 0 Å². The number of carbonyl (C=O) groups is 2. The van der Waals surface area contributed by atoms with Crippen LogP contribution in [0.25, 0.3) is 10.9 Å². The van der Waals surface area contributed by atoms with Gasteiger partial charge in [-0.15, -0.1) is 0 Å². The molecule has 1 heterocycles. The first-order chi connectivity index (χ1) is 8.11. The molecular weight excluding hydrogens is 220 g/mol. The van der Waals surface area contributed by atoms with E-state index in [0.29, 0.717) is 11.2 Å². The molecule has 17 heavy (non-hydrogen) atoms. The SMILES string of the molecule is COC(=O)n1ccc2ccc(NC(C)=O)cc21. The average Bonchev–Trinajstić information content (AvgIpc) is 2.70. The van der Waals surface area contributed by atoms with Crippen LogP contribution >= 0.6 is 0 Å². The van der Waals surface area contributed by atoms with Gasteiger partial charge in [-0.3, -0.25) is 9.36 Å². The summed E-state index contributed by atoms with van der Waals surface area (Å²) in [6.45, 7) is 1.43. The first kappa shape index (κ1) is 11.2. The smallest absolute Gasteiger partial charge is 0.418 e. The Morgan fingerprint density at radius 1 is 1.29 bits per heavy atom. The highest BCUT2D eigenvalue weighted by Crippen LogP contribution is 2.20. The molecule has 1 N–H and O–H groups in total. The molecule has 5 nitrogen and oxygen atoms in total. The molecule has 0 bridgehead atoms. The molecule has 0 atom stereocenters. The summed E-state index contributed by atoms with van der Waals surface area (Å²) in [5, 5.41) is 3.57. The van der Waals surface area contributed by atoms with E-state index in [9.17, 15) is 9.59 Å². The largest absolute Gasteiger partial charge is 0.452 e. The summed E-state index contributed by atoms with van der Waals surface area (Å²) in [5.41, 5.74) is 1.34. The number of amides is 1. The number of carbonyl (C=O) groups excluding carboxylic acids is 2. The molecule has 2 aromatic rings. The summed E-state index contributed by atoms with van der Waals surface area (Å²) < 4.78 is 6.05. The van der Waals surface area contributed by atoms with Crippen LogP contribution in [-0.4, -0.2) is 23.7 Å². The fourth-order valence-corrected chi connectivity index (χ4v) is 1.67. The monoisotopic (exact) mass is 232 g/mol. The highest BCUT2D eigenvalue weighted by molar-refractivity contribution is 5.95. The van der Waals surface area contributed by atoms with Crippen molar-refractivity contribution >= 4 is 28.6 Å². The summed E-state index contributed by atoms with van der Waals surface area (Å²) in [5.74, 6) is -0.152. The molecule has 5 heteroatoms. The van der Waals surface area contributed by atoms with Gasteiger partial charge in [0.05, 0.1) is 12.6 Å². The average molecular weight is 232 g/mol. The lowest BCUT2D eigenvalue weighted by Crippen LogP contribution is -2.10. The molecule has 0 unspecified atom stereocenters. The van der Waals surface area contributed by atoms with Gasteiger partial charge in [-0.1, -0.05) is 6.07 Å². The van der Waals surface area contributed by atoms with Gasteiger partial charge in [-0.05, 0) is 18.2 Å². The van der Waals surface area contributed by atoms with E-state index >= 15 is 0 Å². The van der Waals surface area contributed by atoms with Gasteiger partial charge >= 0.3 is 6.09 Å². The lowest BCUT2D eigenvalue weighted by Gasteiger charge is -2.05. The summed E-state index contributed by atoms with van der Waals surface area (Å²) in [6, 6.07) is 7.16. The van der Waals surface area contributed by atoms with Crippen molar-refractivity contribution in [3.05, 3.63) is 30.5 Å². The molecule has 0 fully saturated rings. The van der Waals surface area contributed by atoms with E-state index in [-0.39, 0.29) is 5.91 Å². The number of methoxy groups -OCH3 is 1. The molecule has 1 aromatic carbocycles. The quantitative estimate of drug-likeness (QED) is 0.820. The number of nitrogens with zero attached hydrogens (tertiary/aromatic N) is 1. The van der Waals surface area contributed by atoms with Crippen molar-refractivity contribution in [1.82, 2.24) is 4.57 Å². The van der Waals surface area contributed by atoms with E-state index in [1.54, 1.807) is 18.3 Å². The summed E-state index contributed by atoms with van der Waals surface area (Å²) in [4.78, 5) is 22.4. The molecule has 0 aliphatic heterocycles. The Balaban J connectivity index is 2.50. The van der Waals surface area contributed by atoms with Gasteiger partial charge in [0, 0.05) is 24.2 Å². The van der Waals surface area contributed by atoms with Crippen LogP contribution in [0.1, 0.15) is 6.92 Å². The summed E-state index contributed by atoms with van der Waals surface area (Å²) in [6.07, 6.45) is 1.17. The van der Waals surface area contributed by atoms with Crippen LogP contribution in [0.4, 0.5) is 10.5 Å². The number of nitrogens with one attached hydrogen (secondary N) is 1. The molecule has 0 aliphatic rings. The van der Waals surface area contributed by atoms with Gasteiger partial charge in [0.2, 0.25) is 5.91 Å². The minimum atomic E-state index is -0.458. The van der Waals surface area contributed by atoms with Crippen LogP contribution in [0.3, 0.4) is 0 Å². The van der Waals surface area contributed by atoms with Crippen LogP contribution in [0, 0.1) is 0 Å². The van der Waals surface area contributed by atoms with Crippen molar-refractivity contribution in [2.75, 3.05) is 12.4 Å². The molecule has 0 spiro atoms. The number of fused-ring (bicyclic) bond motifs is 1. The molecular formula is C12H12N2O3. The topological polar surface area (TPSA) is 60.3 Å². The van der Waals surface area contributed by atoms with Crippen molar-refractivity contribution in [2.24, 2.45) is 0 Å². The number of rotatable bonds is 1. The van der Waals surface area contributed by atoms with E-state index < -0.39 is 6.09 Å². The van der Waals surface area contributed by atoms with Crippen molar-refractivity contribution in [2.45, 2.75) is 6.92 Å². The van der Waals surface area contributed by atoms with Gasteiger partial charge in [-0.2, -0.15) is 0 Å². The van der Waals surface area contributed by atoms with Gasteiger partial charge < -0.3 is 10.1 Å². The number of hydrogen-bond acceptors (Lipinski definition) is 3. The Kier molecular flexibility index (Phi) is 2.82. The number of benzene rings is 1. The van der Waals surface area contributed by atoms with E-state index in [1.165, 1.54) is 18.6 Å². The zero-order valence-corrected chi connectivity index (χ0v) is 9.56. The second-order valence-corrected chi connectivity index (χ2v) is 3.61. The number of aromatic nitrogens is 1. The van der Waals surface area contributed by atoms with Gasteiger partial charge in [0.25, 0.3) is 0 Å². The second-order valence-electron chi connectivity index (χ2n) is 3.61. The van der Waals surface area contributed by atoms with Crippen molar-refractivity contribution < 1.29 is 14.3 Å². The minimum Gasteiger partial charge on any atom is -0.452 e. The maximum absolute atomic E-state index is 11.5. The van der Waals surface area contributed by atoms with E-state index in [2.05, 4.69) is 10.1 Å². The third-order valence-electron chi connectivity index (χ3n) is 2.38. The fraction of sp³-hybridized carbons (Fsp3) is 0.167. The highest BCUT2D eigenvalue weighted by atomic mass is 16.5. The lowest BCUT2D eigenvalue weighted by molar-refractivity contribution is -0.114. The minimum absolute atomic E-state index is 0.152. The molecule has 88 valence electrons. The number of hydrogen-bond donors (Lipinski definition) is 1. The van der Waals surface area contributed by atoms with Gasteiger partial charge in [0.15, 0.2) is 0 Å². The highest BCUT2D eigenvalue weighted by Gasteiger charge is 2.09. The fourth-order valence-electron chi connectivity index (χ4n) is 1.67. The van der Waals surface area contributed by atoms with Crippen molar-refractivity contribution in [3.8, 4) is 0 Å². The summed E-state index contributed by atoms with van der Waals surface area (Å²) in [7, 11) is 1.33.